The molecule has 0 radical (unpaired) electrons. The summed E-state index contributed by atoms with van der Waals surface area (Å²) in [5.41, 5.74) is -2.55. The van der Waals surface area contributed by atoms with Crippen LogP contribution in [0.15, 0.2) is 0 Å². The van der Waals surface area contributed by atoms with Gasteiger partial charge in [-0.05, 0) is 12.8 Å². The van der Waals surface area contributed by atoms with E-state index in [1.807, 2.05) is 0 Å². The highest BCUT2D eigenvalue weighted by molar-refractivity contribution is 5.11. The van der Waals surface area contributed by atoms with Crippen molar-refractivity contribution < 1.29 is 22.0 Å². The van der Waals surface area contributed by atoms with Gasteiger partial charge < -0.3 is 0 Å². The van der Waals surface area contributed by atoms with Gasteiger partial charge in [-0.25, -0.2) is 0 Å². The summed E-state index contributed by atoms with van der Waals surface area (Å²) in [6, 6.07) is 1.19. The lowest BCUT2D eigenvalue weighted by atomic mass is 9.70. The fourth-order valence-electron chi connectivity index (χ4n) is 1.92. The molecule has 0 bridgehead atoms. The molecule has 1 aliphatic rings. The Morgan fingerprint density at radius 3 is 1.73 bits per heavy atom. The van der Waals surface area contributed by atoms with Crippen molar-refractivity contribution in [1.82, 2.24) is 0 Å². The third-order valence-corrected chi connectivity index (χ3v) is 2.88. The Bertz CT molecular complexity index is 269. The Morgan fingerprint density at radius 1 is 0.933 bits per heavy atom. The highest BCUT2D eigenvalue weighted by Gasteiger charge is 2.70. The summed E-state index contributed by atoms with van der Waals surface area (Å²) in [5.74, 6) is -4.91. The molecular formula is C9H10F5N. The van der Waals surface area contributed by atoms with Crippen molar-refractivity contribution in [1.29, 1.82) is 5.26 Å². The van der Waals surface area contributed by atoms with Gasteiger partial charge in [0.15, 0.2) is 0 Å². The molecule has 0 unspecified atom stereocenters. The lowest BCUT2D eigenvalue weighted by molar-refractivity contribution is -0.320. The highest BCUT2D eigenvalue weighted by atomic mass is 19.4. The maximum atomic E-state index is 13.1. The van der Waals surface area contributed by atoms with Crippen LogP contribution in [0.25, 0.3) is 0 Å². The summed E-state index contributed by atoms with van der Waals surface area (Å²) in [7, 11) is 0. The van der Waals surface area contributed by atoms with Gasteiger partial charge in [-0.1, -0.05) is 19.3 Å². The van der Waals surface area contributed by atoms with Crippen LogP contribution >= 0.6 is 0 Å². The molecule has 6 heteroatoms. The minimum absolute atomic E-state index is 0.249. The zero-order valence-corrected chi connectivity index (χ0v) is 7.87. The summed E-state index contributed by atoms with van der Waals surface area (Å²) in [4.78, 5) is 0. The molecule has 1 saturated carbocycles. The van der Waals surface area contributed by atoms with Crippen LogP contribution in [-0.2, 0) is 0 Å². The molecule has 1 fully saturated rings. The first-order valence-electron chi connectivity index (χ1n) is 4.63. The van der Waals surface area contributed by atoms with Crippen LogP contribution < -0.4 is 0 Å². The summed E-state index contributed by atoms with van der Waals surface area (Å²) in [6.07, 6.45) is -5.29. The first kappa shape index (κ1) is 12.2. The number of alkyl halides is 5. The van der Waals surface area contributed by atoms with E-state index in [0.29, 0.717) is 6.42 Å². The molecule has 1 nitrogen and oxygen atoms in total. The third-order valence-electron chi connectivity index (χ3n) is 2.88. The Labute approximate surface area is 83.9 Å². The van der Waals surface area contributed by atoms with E-state index in [1.54, 1.807) is 0 Å². The van der Waals surface area contributed by atoms with Gasteiger partial charge in [0, 0.05) is 0 Å². The van der Waals surface area contributed by atoms with Gasteiger partial charge >= 0.3 is 12.1 Å². The zero-order chi connectivity index (χ0) is 11.7. The molecular weight excluding hydrogens is 217 g/mol. The average Bonchev–Trinajstić information content (AvgIpc) is 2.17. The number of hydrogen-bond acceptors (Lipinski definition) is 1. The molecule has 15 heavy (non-hydrogen) atoms. The number of nitrogens with zero attached hydrogens (tertiary/aromatic N) is 1. The van der Waals surface area contributed by atoms with Crippen molar-refractivity contribution in [3.8, 4) is 6.07 Å². The van der Waals surface area contributed by atoms with Crippen molar-refractivity contribution in [2.45, 2.75) is 44.2 Å². The van der Waals surface area contributed by atoms with E-state index in [0.717, 1.165) is 0 Å². The number of rotatable bonds is 1. The van der Waals surface area contributed by atoms with Crippen LogP contribution in [0, 0.1) is 16.7 Å². The fraction of sp³-hybridized carbons (Fsp3) is 0.889. The first-order chi connectivity index (χ1) is 6.77. The SMILES string of the molecule is N#CC1(C(F)(F)C(F)(F)F)CCCCC1. The van der Waals surface area contributed by atoms with E-state index in [1.165, 1.54) is 6.07 Å². The Morgan fingerprint density at radius 2 is 1.40 bits per heavy atom. The second-order valence-corrected chi connectivity index (χ2v) is 3.83. The quantitative estimate of drug-likeness (QED) is 0.627. The molecule has 0 spiro atoms. The molecule has 0 N–H and O–H groups in total. The van der Waals surface area contributed by atoms with Crippen LogP contribution in [0.3, 0.4) is 0 Å². The molecule has 0 heterocycles. The monoisotopic (exact) mass is 227 g/mol. The molecule has 0 aliphatic heterocycles. The van der Waals surface area contributed by atoms with Gasteiger partial charge in [0.1, 0.15) is 5.41 Å². The smallest absolute Gasteiger partial charge is 0.197 e. The lowest BCUT2D eigenvalue weighted by Crippen LogP contribution is -2.52. The molecule has 0 saturated heterocycles. The second-order valence-electron chi connectivity index (χ2n) is 3.83. The maximum Gasteiger partial charge on any atom is 0.454 e. The third kappa shape index (κ3) is 1.80. The van der Waals surface area contributed by atoms with Gasteiger partial charge in [0.25, 0.3) is 0 Å². The van der Waals surface area contributed by atoms with Crippen molar-refractivity contribution in [2.24, 2.45) is 5.41 Å². The summed E-state index contributed by atoms with van der Waals surface area (Å²) in [6.45, 7) is 0. The molecule has 0 aromatic carbocycles. The van der Waals surface area contributed by atoms with E-state index in [2.05, 4.69) is 0 Å². The van der Waals surface area contributed by atoms with Crippen molar-refractivity contribution in [2.75, 3.05) is 0 Å². The molecule has 0 aromatic rings. The molecule has 0 amide bonds. The number of nitriles is 1. The largest absolute Gasteiger partial charge is 0.454 e. The summed E-state index contributed by atoms with van der Waals surface area (Å²) >= 11 is 0. The summed E-state index contributed by atoms with van der Waals surface area (Å²) in [5, 5.41) is 8.61. The maximum absolute atomic E-state index is 13.1. The second kappa shape index (κ2) is 3.62. The van der Waals surface area contributed by atoms with Gasteiger partial charge in [-0.3, -0.25) is 0 Å². The zero-order valence-electron chi connectivity index (χ0n) is 7.87. The normalized spacial score (nSPS) is 22.1. The van der Waals surface area contributed by atoms with Gasteiger partial charge in [-0.15, -0.1) is 0 Å². The van der Waals surface area contributed by atoms with E-state index in [9.17, 15) is 22.0 Å². The molecule has 0 atom stereocenters. The van der Waals surface area contributed by atoms with Crippen molar-refractivity contribution in [3.05, 3.63) is 0 Å². The standard InChI is InChI=1S/C9H10F5N/c10-8(11,9(12,13)14)7(6-15)4-2-1-3-5-7/h1-5H2. The van der Waals surface area contributed by atoms with Crippen LogP contribution in [-0.4, -0.2) is 12.1 Å². The predicted octanol–water partition coefficient (Wildman–Crippen LogP) is 3.66. The summed E-state index contributed by atoms with van der Waals surface area (Å²) < 4.78 is 62.7. The van der Waals surface area contributed by atoms with Gasteiger partial charge in [0.2, 0.25) is 0 Å². The Hall–Kier alpha value is -0.860. The minimum Gasteiger partial charge on any atom is -0.197 e. The van der Waals surface area contributed by atoms with Crippen molar-refractivity contribution in [3.63, 3.8) is 0 Å². The van der Waals surface area contributed by atoms with Gasteiger partial charge in [0.05, 0.1) is 6.07 Å². The highest BCUT2D eigenvalue weighted by Crippen LogP contribution is 2.54. The van der Waals surface area contributed by atoms with E-state index in [4.69, 9.17) is 5.26 Å². The fourth-order valence-corrected chi connectivity index (χ4v) is 1.92. The van der Waals surface area contributed by atoms with Crippen LogP contribution in [0.5, 0.6) is 0 Å². The van der Waals surface area contributed by atoms with E-state index >= 15 is 0 Å². The number of halogens is 5. The topological polar surface area (TPSA) is 23.8 Å². The number of hydrogen-bond donors (Lipinski definition) is 0. The predicted molar refractivity (Wildman–Crippen MR) is 42.1 cm³/mol. The Balaban J connectivity index is 3.05. The molecule has 1 rings (SSSR count). The average molecular weight is 227 g/mol. The van der Waals surface area contributed by atoms with Crippen LogP contribution in [0.4, 0.5) is 22.0 Å². The van der Waals surface area contributed by atoms with Crippen LogP contribution in [0.1, 0.15) is 32.1 Å². The van der Waals surface area contributed by atoms with E-state index < -0.39 is 17.5 Å². The van der Waals surface area contributed by atoms with Crippen molar-refractivity contribution >= 4 is 0 Å². The minimum atomic E-state index is -5.64. The van der Waals surface area contributed by atoms with Crippen LogP contribution in [0.2, 0.25) is 0 Å². The van der Waals surface area contributed by atoms with E-state index in [-0.39, 0.29) is 25.7 Å². The molecule has 0 aromatic heterocycles. The Kier molecular flexibility index (Phi) is 2.94. The molecule has 86 valence electrons. The first-order valence-corrected chi connectivity index (χ1v) is 4.63. The lowest BCUT2D eigenvalue weighted by Gasteiger charge is -2.38. The molecule has 1 aliphatic carbocycles. The van der Waals surface area contributed by atoms with Gasteiger partial charge in [-0.2, -0.15) is 27.2 Å².